The van der Waals surface area contributed by atoms with E-state index < -0.39 is 0 Å². The van der Waals surface area contributed by atoms with E-state index >= 15 is 0 Å². The van der Waals surface area contributed by atoms with Gasteiger partial charge in [0.15, 0.2) is 0 Å². The lowest BCUT2D eigenvalue weighted by molar-refractivity contribution is 0.650. The average molecular weight is 322 g/mol. The number of rotatable bonds is 4. The highest BCUT2D eigenvalue weighted by molar-refractivity contribution is 9.10. The summed E-state index contributed by atoms with van der Waals surface area (Å²) >= 11 is 6.93. The second-order valence-electron chi connectivity index (χ2n) is 3.02. The van der Waals surface area contributed by atoms with E-state index in [-0.39, 0.29) is 0 Å². The van der Waals surface area contributed by atoms with Crippen molar-refractivity contribution in [2.45, 2.75) is 26.8 Å². The van der Waals surface area contributed by atoms with E-state index in [9.17, 15) is 0 Å². The Morgan fingerprint density at radius 2 is 2.36 bits per heavy atom. The zero-order valence-electron chi connectivity index (χ0n) is 8.43. The normalized spacial score (nSPS) is 12.1. The highest BCUT2D eigenvalue weighted by atomic mass is 79.9. The van der Waals surface area contributed by atoms with E-state index in [1.165, 1.54) is 11.3 Å². The van der Waals surface area contributed by atoms with E-state index in [1.807, 2.05) is 10.9 Å². The van der Waals surface area contributed by atoms with Gasteiger partial charge in [0.2, 0.25) is 0 Å². The van der Waals surface area contributed by atoms with E-state index in [0.717, 1.165) is 22.8 Å². The fraction of sp³-hybridized carbons (Fsp3) is 0.500. The van der Waals surface area contributed by atoms with Crippen molar-refractivity contribution < 1.29 is 0 Å². The van der Waals surface area contributed by atoms with Gasteiger partial charge in [-0.2, -0.15) is 5.10 Å². The van der Waals surface area contributed by atoms with E-state index in [0.29, 0.717) is 0 Å². The lowest BCUT2D eigenvalue weighted by atomic mass is 10.2. The van der Waals surface area contributed by atoms with Crippen molar-refractivity contribution >= 4 is 37.4 Å². The van der Waals surface area contributed by atoms with Gasteiger partial charge >= 0.3 is 0 Å². The van der Waals surface area contributed by atoms with Crippen molar-refractivity contribution in [3.05, 3.63) is 22.4 Å². The van der Waals surface area contributed by atoms with Crippen LogP contribution in [0.5, 0.6) is 0 Å². The predicted molar refractivity (Wildman–Crippen MR) is 67.7 cm³/mol. The predicted octanol–water partition coefficient (Wildman–Crippen LogP) is 3.85. The lowest BCUT2D eigenvalue weighted by Gasteiger charge is -2.05. The molecule has 14 heavy (non-hydrogen) atoms. The number of aromatic nitrogens is 2. The van der Waals surface area contributed by atoms with Crippen LogP contribution in [0.2, 0.25) is 0 Å². The van der Waals surface area contributed by atoms with Gasteiger partial charge in [-0.3, -0.25) is 4.68 Å². The Bertz CT molecular complexity index is 329. The highest BCUT2D eigenvalue weighted by Crippen LogP contribution is 2.24. The second kappa shape index (κ2) is 5.71. The minimum atomic E-state index is 0.903. The molecule has 0 aliphatic heterocycles. The molecule has 1 rings (SSSR count). The first-order valence-electron chi connectivity index (χ1n) is 4.65. The van der Waals surface area contributed by atoms with Crippen LogP contribution in [0.3, 0.4) is 0 Å². The number of hydrogen-bond donors (Lipinski definition) is 0. The molecule has 0 unspecified atom stereocenters. The van der Waals surface area contributed by atoms with Crippen molar-refractivity contribution in [1.82, 2.24) is 9.78 Å². The number of alkyl halides is 1. The van der Waals surface area contributed by atoms with E-state index in [2.05, 4.69) is 56.9 Å². The summed E-state index contributed by atoms with van der Waals surface area (Å²) in [5, 5.41) is 5.28. The summed E-state index contributed by atoms with van der Waals surface area (Å²) < 4.78 is 3.08. The number of allylic oxidation sites excluding steroid dienone is 2. The molecule has 0 aliphatic carbocycles. The van der Waals surface area contributed by atoms with Crippen LogP contribution >= 0.6 is 31.9 Å². The molecular formula is C10H14Br2N2. The summed E-state index contributed by atoms with van der Waals surface area (Å²) in [7, 11) is 0. The molecule has 1 aromatic rings. The Morgan fingerprint density at radius 3 is 2.93 bits per heavy atom. The molecule has 0 saturated heterocycles. The molecular weight excluding hydrogens is 308 g/mol. The fourth-order valence-electron chi connectivity index (χ4n) is 1.36. The van der Waals surface area contributed by atoms with Crippen LogP contribution in [0.15, 0.2) is 16.7 Å². The Kier molecular flexibility index (Phi) is 4.89. The Balaban J connectivity index is 2.98. The van der Waals surface area contributed by atoms with E-state index in [1.54, 1.807) is 0 Å². The molecule has 0 aromatic carbocycles. The average Bonchev–Trinajstić information content (AvgIpc) is 2.56. The molecule has 0 N–H and O–H groups in total. The maximum absolute atomic E-state index is 4.28. The van der Waals surface area contributed by atoms with Gasteiger partial charge in [0, 0.05) is 11.9 Å². The Labute approximate surface area is 102 Å². The Hall–Kier alpha value is -0.0900. The topological polar surface area (TPSA) is 17.8 Å². The van der Waals surface area contributed by atoms with Gasteiger partial charge in [0.1, 0.15) is 0 Å². The number of aryl methyl sites for hydroxylation is 1. The molecule has 0 amide bonds. The van der Waals surface area contributed by atoms with Gasteiger partial charge < -0.3 is 0 Å². The zero-order valence-corrected chi connectivity index (χ0v) is 11.6. The number of hydrogen-bond acceptors (Lipinski definition) is 1. The van der Waals surface area contributed by atoms with Crippen molar-refractivity contribution in [3.63, 3.8) is 0 Å². The van der Waals surface area contributed by atoms with Crippen LogP contribution < -0.4 is 0 Å². The van der Waals surface area contributed by atoms with Gasteiger partial charge in [-0.15, -0.1) is 0 Å². The van der Waals surface area contributed by atoms with Crippen LogP contribution in [0.4, 0.5) is 0 Å². The summed E-state index contributed by atoms with van der Waals surface area (Å²) in [5.74, 6) is 0. The highest BCUT2D eigenvalue weighted by Gasteiger charge is 2.08. The van der Waals surface area contributed by atoms with Crippen LogP contribution in [0.1, 0.15) is 26.0 Å². The van der Waals surface area contributed by atoms with Crippen molar-refractivity contribution in [1.29, 1.82) is 0 Å². The van der Waals surface area contributed by atoms with E-state index in [4.69, 9.17) is 0 Å². The molecule has 0 atom stereocenters. The fourth-order valence-corrected chi connectivity index (χ4v) is 2.20. The summed E-state index contributed by atoms with van der Waals surface area (Å²) in [5.41, 5.74) is 2.46. The van der Waals surface area contributed by atoms with Gasteiger partial charge in [-0.05, 0) is 41.8 Å². The monoisotopic (exact) mass is 320 g/mol. The van der Waals surface area contributed by atoms with Gasteiger partial charge in [0.05, 0.1) is 16.4 Å². The minimum Gasteiger partial charge on any atom is -0.264 e. The summed E-state index contributed by atoms with van der Waals surface area (Å²) in [6, 6.07) is 0. The van der Waals surface area contributed by atoms with Crippen LogP contribution in [0, 0.1) is 0 Å². The molecule has 0 bridgehead atoms. The standard InChI is InChI=1S/C10H14Br2N2/c1-3-14-10(9(12)7-13-14)8(2)5-4-6-11/h5,7H,3-4,6H2,1-2H3. The molecule has 78 valence electrons. The maximum Gasteiger partial charge on any atom is 0.0778 e. The molecule has 1 heterocycles. The first kappa shape index (κ1) is 12.0. The van der Waals surface area contributed by atoms with Gasteiger partial charge in [-0.1, -0.05) is 22.0 Å². The quantitative estimate of drug-likeness (QED) is 0.770. The van der Waals surface area contributed by atoms with Crippen molar-refractivity contribution in [2.24, 2.45) is 0 Å². The number of halogens is 2. The van der Waals surface area contributed by atoms with Crippen LogP contribution in [-0.2, 0) is 6.54 Å². The molecule has 0 fully saturated rings. The summed E-state index contributed by atoms with van der Waals surface area (Å²) in [4.78, 5) is 0. The van der Waals surface area contributed by atoms with Crippen molar-refractivity contribution in [3.8, 4) is 0 Å². The maximum atomic E-state index is 4.28. The third-order valence-corrected chi connectivity index (χ3v) is 3.07. The largest absolute Gasteiger partial charge is 0.264 e. The summed E-state index contributed by atoms with van der Waals surface area (Å²) in [6.07, 6.45) is 5.13. The van der Waals surface area contributed by atoms with Gasteiger partial charge in [-0.25, -0.2) is 0 Å². The molecule has 1 aromatic heterocycles. The summed E-state index contributed by atoms with van der Waals surface area (Å²) in [6.45, 7) is 5.12. The molecule has 4 heteroatoms. The zero-order chi connectivity index (χ0) is 10.6. The minimum absolute atomic E-state index is 0.903. The lowest BCUT2D eigenvalue weighted by Crippen LogP contribution is -2.01. The van der Waals surface area contributed by atoms with Crippen molar-refractivity contribution in [2.75, 3.05) is 5.33 Å². The smallest absolute Gasteiger partial charge is 0.0778 e. The SMILES string of the molecule is CCn1ncc(Br)c1C(C)=CCCBr. The molecule has 0 saturated carbocycles. The third-order valence-electron chi connectivity index (χ3n) is 2.03. The Morgan fingerprint density at radius 1 is 1.64 bits per heavy atom. The molecule has 0 aliphatic rings. The van der Waals surface area contributed by atoms with Crippen LogP contribution in [0.25, 0.3) is 5.57 Å². The first-order valence-corrected chi connectivity index (χ1v) is 6.56. The molecule has 2 nitrogen and oxygen atoms in total. The molecule has 0 spiro atoms. The van der Waals surface area contributed by atoms with Crippen LogP contribution in [-0.4, -0.2) is 15.1 Å². The third kappa shape index (κ3) is 2.70. The first-order chi connectivity index (χ1) is 6.70. The van der Waals surface area contributed by atoms with Gasteiger partial charge in [0.25, 0.3) is 0 Å². The number of nitrogens with zero attached hydrogens (tertiary/aromatic N) is 2. The molecule has 0 radical (unpaired) electrons. The second-order valence-corrected chi connectivity index (χ2v) is 4.67.